The normalized spacial score (nSPS) is 23.7. The second-order valence-electron chi connectivity index (χ2n) is 12.0. The van der Waals surface area contributed by atoms with Crippen LogP contribution in [-0.4, -0.2) is 56.1 Å². The van der Waals surface area contributed by atoms with Gasteiger partial charge < -0.3 is 34.7 Å². The lowest BCUT2D eigenvalue weighted by Crippen LogP contribution is -2.37. The summed E-state index contributed by atoms with van der Waals surface area (Å²) in [6.45, 7) is 3.96. The van der Waals surface area contributed by atoms with Crippen molar-refractivity contribution in [1.82, 2.24) is 24.8 Å². The maximum Gasteiger partial charge on any atom is 0.305 e. The molecule has 8 rings (SSSR count). The molecule has 0 radical (unpaired) electrons. The minimum atomic E-state index is -1.23. The van der Waals surface area contributed by atoms with E-state index in [1.54, 1.807) is 29.1 Å². The Hall–Kier alpha value is -5.30. The monoisotopic (exact) mass is 632 g/mol. The molecule has 12 heteroatoms. The molecule has 5 aromatic rings. The predicted octanol–water partition coefficient (Wildman–Crippen LogP) is 4.48. The van der Waals surface area contributed by atoms with E-state index in [9.17, 15) is 4.79 Å². The number of rotatable bonds is 7. The summed E-state index contributed by atoms with van der Waals surface area (Å²) in [7, 11) is 0. The van der Waals surface area contributed by atoms with Crippen molar-refractivity contribution in [2.45, 2.75) is 50.0 Å². The van der Waals surface area contributed by atoms with Crippen LogP contribution >= 0.6 is 0 Å². The van der Waals surface area contributed by atoms with Gasteiger partial charge in [0.25, 0.3) is 5.91 Å². The van der Waals surface area contributed by atoms with Crippen molar-refractivity contribution in [1.29, 1.82) is 0 Å². The Bertz CT molecular complexity index is 1940. The number of fused-ring (bicyclic) bond motifs is 3. The zero-order valence-electron chi connectivity index (χ0n) is 25.6. The van der Waals surface area contributed by atoms with Crippen molar-refractivity contribution in [3.8, 4) is 11.5 Å². The Morgan fingerprint density at radius 3 is 2.38 bits per heavy atom. The number of carbonyl (C=O) groups is 1. The van der Waals surface area contributed by atoms with Gasteiger partial charge in [0, 0.05) is 17.7 Å². The number of nitrogen functional groups attached to an aromatic ring is 1. The molecule has 2 aromatic heterocycles. The minimum Gasteiger partial charge on any atom is -0.440 e. The summed E-state index contributed by atoms with van der Waals surface area (Å²) in [5.41, 5.74) is 9.02. The van der Waals surface area contributed by atoms with E-state index >= 15 is 0 Å². The van der Waals surface area contributed by atoms with Crippen LogP contribution in [0, 0.1) is 0 Å². The molecule has 238 valence electrons. The van der Waals surface area contributed by atoms with Crippen LogP contribution in [0.1, 0.15) is 41.6 Å². The Balaban J connectivity index is 0.996. The third-order valence-corrected chi connectivity index (χ3v) is 8.46. The number of benzene rings is 3. The molecule has 0 aliphatic carbocycles. The van der Waals surface area contributed by atoms with Gasteiger partial charge in [0.1, 0.15) is 30.2 Å². The van der Waals surface area contributed by atoms with Crippen LogP contribution in [0.4, 0.5) is 5.82 Å². The average Bonchev–Trinajstić information content (AvgIpc) is 3.84. The van der Waals surface area contributed by atoms with Gasteiger partial charge in [-0.2, -0.15) is 0 Å². The molecule has 0 unspecified atom stereocenters. The van der Waals surface area contributed by atoms with E-state index in [0.29, 0.717) is 28.2 Å². The average molecular weight is 633 g/mol. The van der Waals surface area contributed by atoms with Gasteiger partial charge in [-0.1, -0.05) is 78.9 Å². The van der Waals surface area contributed by atoms with Crippen LogP contribution in [-0.2, 0) is 20.0 Å². The number of hydrogen-bond donors (Lipinski definition) is 2. The van der Waals surface area contributed by atoms with Crippen LogP contribution in [0.5, 0.6) is 11.5 Å². The van der Waals surface area contributed by atoms with E-state index in [1.807, 2.05) is 86.7 Å². The Kier molecular flexibility index (Phi) is 6.94. The number of nitrogens with one attached hydrogen (secondary N) is 1. The maximum atomic E-state index is 13.5. The van der Waals surface area contributed by atoms with Gasteiger partial charge in [-0.3, -0.25) is 9.36 Å². The molecule has 1 amide bonds. The molecule has 3 aromatic carbocycles. The molecule has 3 aliphatic heterocycles. The van der Waals surface area contributed by atoms with E-state index in [1.165, 1.54) is 6.33 Å². The van der Waals surface area contributed by atoms with Crippen molar-refractivity contribution in [3.63, 3.8) is 0 Å². The maximum absolute atomic E-state index is 13.5. The summed E-state index contributed by atoms with van der Waals surface area (Å²) in [6.07, 6.45) is 4.86. The molecule has 0 bridgehead atoms. The third kappa shape index (κ3) is 4.97. The highest BCUT2D eigenvalue weighted by Gasteiger charge is 2.55. The van der Waals surface area contributed by atoms with E-state index in [0.717, 1.165) is 11.1 Å². The van der Waals surface area contributed by atoms with Crippen molar-refractivity contribution in [2.75, 3.05) is 12.3 Å². The lowest BCUT2D eigenvalue weighted by Gasteiger charge is -2.28. The highest BCUT2D eigenvalue weighted by atomic mass is 16.8. The molecule has 47 heavy (non-hydrogen) atoms. The number of amides is 1. The lowest BCUT2D eigenvalue weighted by atomic mass is 9.97. The topological polar surface area (TPSA) is 145 Å². The van der Waals surface area contributed by atoms with Crippen LogP contribution < -0.4 is 20.5 Å². The number of ether oxygens (including phenoxy) is 5. The molecule has 0 spiro atoms. The summed E-state index contributed by atoms with van der Waals surface area (Å²) in [5, 5.41) is 2.97. The first-order chi connectivity index (χ1) is 22.8. The number of para-hydroxylation sites is 1. The van der Waals surface area contributed by atoms with E-state index in [4.69, 9.17) is 29.4 Å². The Labute approximate surface area is 270 Å². The second kappa shape index (κ2) is 11.2. The van der Waals surface area contributed by atoms with E-state index in [-0.39, 0.29) is 18.3 Å². The second-order valence-corrected chi connectivity index (χ2v) is 12.0. The van der Waals surface area contributed by atoms with Gasteiger partial charge in [0.15, 0.2) is 35.0 Å². The van der Waals surface area contributed by atoms with Crippen LogP contribution in [0.15, 0.2) is 104 Å². The standard InChI is InChI=1S/C35H32N6O6/c1-34(2)45-28-24(43-33(29(28)46-34)41-20-40-26-30(36)38-19-39-31(26)41)17-10-18-37-32(42)23-15-9-16-25-27(23)47-35(44-25,21-11-5-3-6-12-21)22-13-7-4-8-14-22/h3-17,19-20,24,28-29,33H,18H2,1-2H3,(H,37,42)(H2,36,38,39)/t24-,28-,29-,33-/m1/s1. The van der Waals surface area contributed by atoms with Crippen molar-refractivity contribution in [3.05, 3.63) is 120 Å². The van der Waals surface area contributed by atoms with Crippen LogP contribution in [0.2, 0.25) is 0 Å². The zero-order valence-corrected chi connectivity index (χ0v) is 25.6. The third-order valence-electron chi connectivity index (χ3n) is 8.46. The molecule has 4 atom stereocenters. The van der Waals surface area contributed by atoms with Gasteiger partial charge in [-0.05, 0) is 26.0 Å². The fourth-order valence-corrected chi connectivity index (χ4v) is 6.41. The molecule has 3 aliphatic rings. The molecule has 12 nitrogen and oxygen atoms in total. The van der Waals surface area contributed by atoms with Crippen molar-refractivity contribution >= 4 is 22.9 Å². The molecule has 3 N–H and O–H groups in total. The Morgan fingerprint density at radius 1 is 0.915 bits per heavy atom. The summed E-state index contributed by atoms with van der Waals surface area (Å²) >= 11 is 0. The zero-order chi connectivity index (χ0) is 32.2. The number of carbonyl (C=O) groups excluding carboxylic acids is 1. The molecule has 0 saturated carbocycles. The van der Waals surface area contributed by atoms with Crippen molar-refractivity contribution in [2.24, 2.45) is 0 Å². The number of hydrogen-bond acceptors (Lipinski definition) is 10. The van der Waals surface area contributed by atoms with Crippen LogP contribution in [0.25, 0.3) is 11.2 Å². The fraction of sp³-hybridized carbons (Fsp3) is 0.257. The first-order valence-electron chi connectivity index (χ1n) is 15.3. The minimum absolute atomic E-state index is 0.232. The predicted molar refractivity (Wildman–Crippen MR) is 170 cm³/mol. The Morgan fingerprint density at radius 2 is 1.64 bits per heavy atom. The quantitative estimate of drug-likeness (QED) is 0.246. The van der Waals surface area contributed by atoms with Crippen LogP contribution in [0.3, 0.4) is 0 Å². The molecular weight excluding hydrogens is 600 g/mol. The molecular formula is C35H32N6O6. The van der Waals surface area contributed by atoms with E-state index < -0.39 is 36.1 Å². The smallest absolute Gasteiger partial charge is 0.305 e. The number of anilines is 1. The first kappa shape index (κ1) is 29.1. The largest absolute Gasteiger partial charge is 0.440 e. The van der Waals surface area contributed by atoms with Gasteiger partial charge in [-0.15, -0.1) is 0 Å². The molecule has 2 saturated heterocycles. The van der Waals surface area contributed by atoms with Gasteiger partial charge >= 0.3 is 5.79 Å². The van der Waals surface area contributed by atoms with Crippen molar-refractivity contribution < 1.29 is 28.5 Å². The number of imidazole rings is 1. The SMILES string of the molecule is CC1(C)O[C@@H]2[C@H](O1)[C@@H](C=CCNC(=O)c1cccc3c1OC(c1ccccc1)(c1ccccc1)O3)O[C@H]2n1cnc2c(N)ncnc21. The molecule has 5 heterocycles. The first-order valence-corrected chi connectivity index (χ1v) is 15.3. The number of nitrogens with zero attached hydrogens (tertiary/aromatic N) is 4. The molecule has 2 fully saturated rings. The van der Waals surface area contributed by atoms with E-state index in [2.05, 4.69) is 20.3 Å². The van der Waals surface area contributed by atoms with Gasteiger partial charge in [0.2, 0.25) is 0 Å². The fourth-order valence-electron chi connectivity index (χ4n) is 6.41. The summed E-state index contributed by atoms with van der Waals surface area (Å²) < 4.78 is 33.8. The number of nitrogens with two attached hydrogens (primary N) is 1. The van der Waals surface area contributed by atoms with Gasteiger partial charge in [0.05, 0.1) is 11.9 Å². The highest BCUT2D eigenvalue weighted by molar-refractivity contribution is 5.98. The lowest BCUT2D eigenvalue weighted by molar-refractivity contribution is -0.191. The summed E-state index contributed by atoms with van der Waals surface area (Å²) in [4.78, 5) is 26.3. The summed E-state index contributed by atoms with van der Waals surface area (Å²) in [5.74, 6) is -1.21. The number of aromatic nitrogens is 4. The summed E-state index contributed by atoms with van der Waals surface area (Å²) in [6, 6.07) is 24.7. The highest BCUT2D eigenvalue weighted by Crippen LogP contribution is 2.49. The van der Waals surface area contributed by atoms with Gasteiger partial charge in [-0.25, -0.2) is 15.0 Å².